The minimum Gasteiger partial charge on any atom is -0.0888 e. The van der Waals surface area contributed by atoms with Crippen LogP contribution in [0.3, 0.4) is 0 Å². The van der Waals surface area contributed by atoms with Gasteiger partial charge in [-0.3, -0.25) is 0 Å². The fourth-order valence-electron chi connectivity index (χ4n) is 0.421. The fourth-order valence-corrected chi connectivity index (χ4v) is 0.583. The Labute approximate surface area is 67.4 Å². The van der Waals surface area contributed by atoms with Crippen LogP contribution in [0.1, 0.15) is 6.42 Å². The molecule has 0 aliphatic heterocycles. The second-order valence-electron chi connectivity index (χ2n) is 1.25. The predicted molar refractivity (Wildman–Crippen MR) is 27.7 cm³/mol. The van der Waals surface area contributed by atoms with Crippen molar-refractivity contribution in [3.05, 3.63) is 23.3 Å². The van der Waals surface area contributed by atoms with Crippen LogP contribution in [0.5, 0.6) is 0 Å². The van der Waals surface area contributed by atoms with Crippen molar-refractivity contribution in [3.63, 3.8) is 0 Å². The molecule has 0 nitrogen and oxygen atoms in total. The molecule has 1 aliphatic rings. The van der Waals surface area contributed by atoms with Crippen molar-refractivity contribution in [3.8, 4) is 0 Å². The van der Waals surface area contributed by atoms with Crippen LogP contribution in [-0.2, 0) is 26.2 Å². The molecule has 0 heterocycles. The molecule has 0 saturated heterocycles. The second kappa shape index (κ2) is 3.63. The van der Waals surface area contributed by atoms with Crippen LogP contribution in [0.15, 0.2) is 23.3 Å². The summed E-state index contributed by atoms with van der Waals surface area (Å²) in [6.45, 7) is 0. The summed E-state index contributed by atoms with van der Waals surface area (Å²) in [4.78, 5) is 0. The molecule has 7 heavy (non-hydrogen) atoms. The number of allylic oxidation sites excluding steroid dienone is 4. The average molecular weight is 192 g/mol. The summed E-state index contributed by atoms with van der Waals surface area (Å²) in [6.07, 6.45) is 6.83. The topological polar surface area (TPSA) is 0 Å². The van der Waals surface area contributed by atoms with E-state index in [4.69, 9.17) is 11.6 Å². The van der Waals surface area contributed by atoms with Crippen LogP contribution < -0.4 is 0 Å². The van der Waals surface area contributed by atoms with Crippen molar-refractivity contribution in [2.24, 2.45) is 0 Å². The van der Waals surface area contributed by atoms with E-state index in [0.717, 1.165) is 11.5 Å². The van der Waals surface area contributed by atoms with Gasteiger partial charge in [0.25, 0.3) is 0 Å². The Morgan fingerprint density at radius 3 is 2.43 bits per heavy atom. The summed E-state index contributed by atoms with van der Waals surface area (Å²) < 4.78 is 0. The van der Waals surface area contributed by atoms with E-state index in [9.17, 15) is 0 Å². The molecular weight excluding hydrogens is 187 g/mol. The summed E-state index contributed by atoms with van der Waals surface area (Å²) in [5, 5.41) is 0.940. The quantitative estimate of drug-likeness (QED) is 0.550. The summed E-state index contributed by atoms with van der Waals surface area (Å²) in [5.74, 6) is 0. The zero-order chi connectivity index (χ0) is 4.41. The van der Waals surface area contributed by atoms with Crippen LogP contribution in [0, 0.1) is 0 Å². The first-order valence-electron chi connectivity index (χ1n) is 1.91. The van der Waals surface area contributed by atoms with E-state index in [1.54, 1.807) is 0 Å². The molecule has 0 radical (unpaired) electrons. The van der Waals surface area contributed by atoms with Crippen molar-refractivity contribution in [1.82, 2.24) is 0 Å². The van der Waals surface area contributed by atoms with Crippen LogP contribution in [-0.4, -0.2) is 0 Å². The van der Waals surface area contributed by atoms with Gasteiger partial charge in [0.1, 0.15) is 0 Å². The SMILES string of the molecule is ClC1=CC=CC1.[Zr]. The van der Waals surface area contributed by atoms with Crippen molar-refractivity contribution in [2.45, 2.75) is 6.42 Å². The van der Waals surface area contributed by atoms with Crippen LogP contribution in [0.4, 0.5) is 0 Å². The summed E-state index contributed by atoms with van der Waals surface area (Å²) in [7, 11) is 0. The van der Waals surface area contributed by atoms with Crippen molar-refractivity contribution < 1.29 is 26.2 Å². The number of rotatable bonds is 0. The first-order valence-corrected chi connectivity index (χ1v) is 2.28. The summed E-state index contributed by atoms with van der Waals surface area (Å²) in [5.41, 5.74) is 0. The van der Waals surface area contributed by atoms with Gasteiger partial charge in [0.05, 0.1) is 0 Å². The maximum atomic E-state index is 5.51. The van der Waals surface area contributed by atoms with Gasteiger partial charge < -0.3 is 0 Å². The Morgan fingerprint density at radius 2 is 2.29 bits per heavy atom. The molecule has 0 bridgehead atoms. The molecule has 0 amide bonds. The summed E-state index contributed by atoms with van der Waals surface area (Å²) >= 11 is 5.51. The average Bonchev–Trinajstić information content (AvgIpc) is 1.86. The van der Waals surface area contributed by atoms with E-state index in [0.29, 0.717) is 0 Å². The molecule has 2 heteroatoms. The largest absolute Gasteiger partial charge is 0.0888 e. The zero-order valence-electron chi connectivity index (χ0n) is 3.82. The molecule has 1 rings (SSSR count). The Morgan fingerprint density at radius 1 is 1.57 bits per heavy atom. The third-order valence-corrected chi connectivity index (χ3v) is 1.01. The molecule has 0 N–H and O–H groups in total. The van der Waals surface area contributed by atoms with Gasteiger partial charge in [-0.25, -0.2) is 0 Å². The Balaban J connectivity index is 0.000000360. The maximum absolute atomic E-state index is 5.51. The molecule has 0 aromatic carbocycles. The zero-order valence-corrected chi connectivity index (χ0v) is 7.03. The molecular formula is C5H5ClZr. The molecule has 36 valence electrons. The molecule has 0 spiro atoms. The molecule has 0 aromatic heterocycles. The molecule has 0 saturated carbocycles. The molecule has 0 aromatic rings. The van der Waals surface area contributed by atoms with E-state index >= 15 is 0 Å². The predicted octanol–water partition coefficient (Wildman–Crippen LogP) is 2.07. The molecule has 1 aliphatic carbocycles. The van der Waals surface area contributed by atoms with Crippen LogP contribution in [0.25, 0.3) is 0 Å². The smallest absolute Gasteiger partial charge is 0.0218 e. The van der Waals surface area contributed by atoms with Crippen molar-refractivity contribution in [2.75, 3.05) is 0 Å². The molecule has 0 unspecified atom stereocenters. The van der Waals surface area contributed by atoms with E-state index in [1.807, 2.05) is 18.2 Å². The third kappa shape index (κ3) is 2.46. The minimum atomic E-state index is 0. The fraction of sp³-hybridized carbons (Fsp3) is 0.200. The monoisotopic (exact) mass is 190 g/mol. The van der Waals surface area contributed by atoms with Gasteiger partial charge in [-0.2, -0.15) is 0 Å². The normalized spacial score (nSPS) is 15.9. The Kier molecular flexibility index (Phi) is 3.97. The standard InChI is InChI=1S/C5H5Cl.Zr/c6-5-3-1-2-4-5;/h1-3H,4H2;. The van der Waals surface area contributed by atoms with Gasteiger partial charge in [-0.05, 0) is 6.08 Å². The Hall–Kier alpha value is 0.653. The Bertz CT molecular complexity index is 105. The number of halogens is 1. The van der Waals surface area contributed by atoms with Gasteiger partial charge in [0.15, 0.2) is 0 Å². The van der Waals surface area contributed by atoms with Crippen LogP contribution in [0.2, 0.25) is 0 Å². The molecule has 0 atom stereocenters. The van der Waals surface area contributed by atoms with Gasteiger partial charge in [-0.1, -0.05) is 23.8 Å². The van der Waals surface area contributed by atoms with Crippen molar-refractivity contribution >= 4 is 11.6 Å². The van der Waals surface area contributed by atoms with E-state index in [2.05, 4.69) is 0 Å². The maximum Gasteiger partial charge on any atom is 0.0218 e. The van der Waals surface area contributed by atoms with E-state index in [-0.39, 0.29) is 26.2 Å². The first-order chi connectivity index (χ1) is 2.89. The number of hydrogen-bond acceptors (Lipinski definition) is 0. The molecule has 0 fully saturated rings. The minimum absolute atomic E-state index is 0. The van der Waals surface area contributed by atoms with E-state index in [1.165, 1.54) is 0 Å². The van der Waals surface area contributed by atoms with Gasteiger partial charge >= 0.3 is 0 Å². The number of hydrogen-bond donors (Lipinski definition) is 0. The summed E-state index contributed by atoms with van der Waals surface area (Å²) in [6, 6.07) is 0. The van der Waals surface area contributed by atoms with Crippen molar-refractivity contribution in [1.29, 1.82) is 0 Å². The van der Waals surface area contributed by atoms with E-state index < -0.39 is 0 Å². The second-order valence-corrected chi connectivity index (χ2v) is 1.73. The first kappa shape index (κ1) is 7.65. The van der Waals surface area contributed by atoms with Gasteiger partial charge in [0, 0.05) is 37.7 Å². The van der Waals surface area contributed by atoms with Gasteiger partial charge in [0.2, 0.25) is 0 Å². The third-order valence-electron chi connectivity index (χ3n) is 0.726. The van der Waals surface area contributed by atoms with Gasteiger partial charge in [-0.15, -0.1) is 0 Å². The van der Waals surface area contributed by atoms with Crippen LogP contribution >= 0.6 is 11.6 Å².